The lowest BCUT2D eigenvalue weighted by Crippen LogP contribution is -2.65. The molecular weight excluding hydrogens is 410 g/mol. The topological polar surface area (TPSA) is 189 Å². The van der Waals surface area contributed by atoms with E-state index < -0.39 is 66.6 Å². The van der Waals surface area contributed by atoms with Crippen LogP contribution in [-0.4, -0.2) is 73.7 Å². The minimum absolute atomic E-state index is 0.863. The van der Waals surface area contributed by atoms with Crippen LogP contribution in [0.25, 0.3) is 10.4 Å². The van der Waals surface area contributed by atoms with Crippen LogP contribution in [0.3, 0.4) is 0 Å². The van der Waals surface area contributed by atoms with Crippen LogP contribution in [0.1, 0.15) is 27.7 Å². The van der Waals surface area contributed by atoms with Crippen molar-refractivity contribution in [3.05, 3.63) is 10.4 Å². The number of esters is 5. The molecule has 0 saturated carbocycles. The fourth-order valence-corrected chi connectivity index (χ4v) is 2.74. The lowest BCUT2D eigenvalue weighted by molar-refractivity contribution is -0.298. The summed E-state index contributed by atoms with van der Waals surface area (Å²) in [5.74, 6) is -4.58. The first-order valence-electron chi connectivity index (χ1n) is 8.48. The first kappa shape index (κ1) is 24.7. The molecule has 0 aromatic carbocycles. The highest BCUT2D eigenvalue weighted by Gasteiger charge is 2.56. The van der Waals surface area contributed by atoms with Gasteiger partial charge in [0.25, 0.3) is 0 Å². The predicted molar refractivity (Wildman–Crippen MR) is 92.0 cm³/mol. The summed E-state index contributed by atoms with van der Waals surface area (Å²) >= 11 is 0. The molecule has 1 saturated heterocycles. The molecule has 0 spiro atoms. The quantitative estimate of drug-likeness (QED) is 0.172. The number of hydrogen-bond donors (Lipinski definition) is 0. The largest absolute Gasteiger partial charge is 0.469 e. The molecule has 30 heavy (non-hydrogen) atoms. The molecule has 14 nitrogen and oxygen atoms in total. The number of rotatable bonds is 7. The Morgan fingerprint density at radius 3 is 1.73 bits per heavy atom. The Balaban J connectivity index is 3.59. The van der Waals surface area contributed by atoms with Crippen molar-refractivity contribution in [1.82, 2.24) is 0 Å². The summed E-state index contributed by atoms with van der Waals surface area (Å²) in [6.45, 7) is 4.08. The molecular formula is C16H21N3O11. The van der Waals surface area contributed by atoms with Gasteiger partial charge < -0.3 is 28.4 Å². The van der Waals surface area contributed by atoms with E-state index in [0.717, 1.165) is 34.8 Å². The number of nitrogens with zero attached hydrogens (tertiary/aromatic N) is 3. The Morgan fingerprint density at radius 2 is 1.30 bits per heavy atom. The molecule has 6 atom stereocenters. The molecule has 0 aliphatic carbocycles. The zero-order valence-corrected chi connectivity index (χ0v) is 16.8. The third-order valence-corrected chi connectivity index (χ3v) is 3.65. The van der Waals surface area contributed by atoms with Crippen LogP contribution < -0.4 is 0 Å². The van der Waals surface area contributed by atoms with Crippen molar-refractivity contribution >= 4 is 29.8 Å². The van der Waals surface area contributed by atoms with Crippen LogP contribution in [-0.2, 0) is 52.4 Å². The highest BCUT2D eigenvalue weighted by Crippen LogP contribution is 2.32. The smallest absolute Gasteiger partial charge is 0.317 e. The van der Waals surface area contributed by atoms with Gasteiger partial charge in [-0.2, -0.15) is 0 Å². The number of methoxy groups -OCH3 is 1. The highest BCUT2D eigenvalue weighted by molar-refractivity contribution is 5.77. The Kier molecular flexibility index (Phi) is 9.02. The van der Waals surface area contributed by atoms with Gasteiger partial charge in [0.15, 0.2) is 18.2 Å². The second-order valence-corrected chi connectivity index (χ2v) is 5.97. The fourth-order valence-electron chi connectivity index (χ4n) is 2.74. The minimum Gasteiger partial charge on any atom is -0.469 e. The van der Waals surface area contributed by atoms with Crippen molar-refractivity contribution < 1.29 is 52.4 Å². The van der Waals surface area contributed by atoms with Crippen molar-refractivity contribution in [3.63, 3.8) is 0 Å². The molecule has 1 aliphatic heterocycles. The van der Waals surface area contributed by atoms with E-state index in [4.69, 9.17) is 29.2 Å². The number of carbonyl (C=O) groups excluding carboxylic acids is 5. The van der Waals surface area contributed by atoms with E-state index in [2.05, 4.69) is 14.8 Å². The molecule has 166 valence electrons. The van der Waals surface area contributed by atoms with E-state index in [0.29, 0.717) is 0 Å². The van der Waals surface area contributed by atoms with Crippen molar-refractivity contribution in [1.29, 1.82) is 0 Å². The second kappa shape index (κ2) is 11.0. The molecule has 0 N–H and O–H groups in total. The minimum atomic E-state index is -1.74. The number of hydrogen-bond acceptors (Lipinski definition) is 12. The molecule has 0 unspecified atom stereocenters. The van der Waals surface area contributed by atoms with E-state index in [1.54, 1.807) is 0 Å². The molecule has 1 aliphatic rings. The first-order valence-corrected chi connectivity index (χ1v) is 8.48. The predicted octanol–water partition coefficient (Wildman–Crippen LogP) is -0.0786. The van der Waals surface area contributed by atoms with E-state index >= 15 is 0 Å². The van der Waals surface area contributed by atoms with Crippen LogP contribution in [0, 0.1) is 0 Å². The standard InChI is InChI=1S/C16H21N3O11/c1-6(20)26-12-11(10(18-19-17)15(24)25-5)30-16(29-9(4)23)14(28-8(3)22)13(12)27-7(2)21/h10-14,16H,1-5H3/t10-,11+,12+,13-,14+,16+/m0/s1. The first-order chi connectivity index (χ1) is 14.0. The van der Waals surface area contributed by atoms with Gasteiger partial charge in [-0.15, -0.1) is 0 Å². The summed E-state index contributed by atoms with van der Waals surface area (Å²) in [5, 5.41) is 3.29. The zero-order valence-electron chi connectivity index (χ0n) is 16.8. The SMILES string of the molecule is COC(=O)[C@@H](N=[N+]=[N-])[C@H]1O[C@@H](OC(C)=O)[C@H](OC(C)=O)[C@@H](OC(C)=O)[C@@H]1OC(C)=O. The van der Waals surface area contributed by atoms with E-state index in [1.165, 1.54) is 0 Å². The molecule has 14 heteroatoms. The highest BCUT2D eigenvalue weighted by atomic mass is 16.7. The number of azide groups is 1. The average Bonchev–Trinajstić information content (AvgIpc) is 2.62. The fraction of sp³-hybridized carbons (Fsp3) is 0.688. The second-order valence-electron chi connectivity index (χ2n) is 5.97. The zero-order chi connectivity index (χ0) is 23.0. The van der Waals surface area contributed by atoms with Crippen LogP contribution in [0.2, 0.25) is 0 Å². The number of carbonyl (C=O) groups is 5. The summed E-state index contributed by atoms with van der Waals surface area (Å²) in [6, 6.07) is -1.74. The van der Waals surface area contributed by atoms with Crippen molar-refractivity contribution in [2.75, 3.05) is 7.11 Å². The molecule has 1 fully saturated rings. The van der Waals surface area contributed by atoms with Gasteiger partial charge in [-0.05, 0) is 5.53 Å². The average molecular weight is 431 g/mol. The Hall–Kier alpha value is -3.38. The third-order valence-electron chi connectivity index (χ3n) is 3.65. The van der Waals surface area contributed by atoms with E-state index in [9.17, 15) is 24.0 Å². The summed E-state index contributed by atoms with van der Waals surface area (Å²) in [4.78, 5) is 61.1. The summed E-state index contributed by atoms with van der Waals surface area (Å²) in [7, 11) is 1.00. The van der Waals surface area contributed by atoms with Gasteiger partial charge in [0.05, 0.1) is 7.11 Å². The van der Waals surface area contributed by atoms with Gasteiger partial charge in [0.2, 0.25) is 12.4 Å². The van der Waals surface area contributed by atoms with E-state index in [1.807, 2.05) is 0 Å². The molecule has 1 rings (SSSR count). The van der Waals surface area contributed by atoms with Crippen molar-refractivity contribution in [2.45, 2.75) is 64.4 Å². The van der Waals surface area contributed by atoms with Crippen LogP contribution in [0.4, 0.5) is 0 Å². The normalized spacial score (nSPS) is 26.2. The summed E-state index contributed by atoms with van der Waals surface area (Å²) < 4.78 is 30.4. The van der Waals surface area contributed by atoms with Gasteiger partial charge in [0, 0.05) is 32.6 Å². The van der Waals surface area contributed by atoms with Crippen LogP contribution in [0.5, 0.6) is 0 Å². The molecule has 0 radical (unpaired) electrons. The van der Waals surface area contributed by atoms with E-state index in [-0.39, 0.29) is 0 Å². The molecule has 0 aromatic heterocycles. The van der Waals surface area contributed by atoms with Gasteiger partial charge in [-0.3, -0.25) is 24.0 Å². The van der Waals surface area contributed by atoms with Crippen molar-refractivity contribution in [2.24, 2.45) is 5.11 Å². The Bertz CT molecular complexity index is 749. The lowest BCUT2D eigenvalue weighted by Gasteiger charge is -2.44. The van der Waals surface area contributed by atoms with Gasteiger partial charge in [0.1, 0.15) is 6.10 Å². The lowest BCUT2D eigenvalue weighted by atomic mass is 9.93. The molecule has 0 bridgehead atoms. The van der Waals surface area contributed by atoms with Gasteiger partial charge >= 0.3 is 29.8 Å². The van der Waals surface area contributed by atoms with Gasteiger partial charge in [-0.25, -0.2) is 0 Å². The summed E-state index contributed by atoms with van der Waals surface area (Å²) in [5.41, 5.74) is 8.82. The Labute approximate surface area is 170 Å². The summed E-state index contributed by atoms with van der Waals surface area (Å²) in [6.07, 6.45) is -8.08. The third kappa shape index (κ3) is 6.60. The van der Waals surface area contributed by atoms with Crippen molar-refractivity contribution in [3.8, 4) is 0 Å². The Morgan fingerprint density at radius 1 is 0.833 bits per heavy atom. The maximum absolute atomic E-state index is 12.1. The molecule has 1 heterocycles. The maximum Gasteiger partial charge on any atom is 0.317 e. The maximum atomic E-state index is 12.1. The monoisotopic (exact) mass is 431 g/mol. The molecule has 0 amide bonds. The van der Waals surface area contributed by atoms with Crippen LogP contribution in [0.15, 0.2) is 5.11 Å². The molecule has 0 aromatic rings. The van der Waals surface area contributed by atoms with Gasteiger partial charge in [-0.1, -0.05) is 5.11 Å². The number of ether oxygens (including phenoxy) is 6. The van der Waals surface area contributed by atoms with Crippen LogP contribution >= 0.6 is 0 Å².